The summed E-state index contributed by atoms with van der Waals surface area (Å²) < 4.78 is 1.45. The molecule has 0 saturated heterocycles. The summed E-state index contributed by atoms with van der Waals surface area (Å²) in [7, 11) is 1.67. The first kappa shape index (κ1) is 8.93. The Bertz CT molecular complexity index is 523. The average Bonchev–Trinajstić information content (AvgIpc) is 2.42. The van der Waals surface area contributed by atoms with Crippen LogP contribution < -0.4 is 5.69 Å². The predicted octanol–water partition coefficient (Wildman–Crippen LogP) is 0.780. The lowest BCUT2D eigenvalue weighted by Gasteiger charge is -2.02. The molecule has 0 atom stereocenters. The number of aryl methyl sites for hydroxylation is 1. The van der Waals surface area contributed by atoms with Crippen LogP contribution in [0.25, 0.3) is 11.3 Å². The zero-order valence-corrected chi connectivity index (χ0v) is 8.40. The van der Waals surface area contributed by atoms with E-state index < -0.39 is 0 Å². The molecular formula is C9H12N4O. The van der Waals surface area contributed by atoms with Crippen molar-refractivity contribution in [2.75, 3.05) is 0 Å². The molecule has 2 heterocycles. The number of fused-ring (bicyclic) bond motifs is 1. The molecule has 2 rings (SSSR count). The van der Waals surface area contributed by atoms with Crippen molar-refractivity contribution in [3.63, 3.8) is 0 Å². The second-order valence-electron chi connectivity index (χ2n) is 3.61. The van der Waals surface area contributed by atoms with Crippen LogP contribution in [0.5, 0.6) is 0 Å². The summed E-state index contributed by atoms with van der Waals surface area (Å²) in [5, 5.41) is 0. The Morgan fingerprint density at radius 3 is 2.86 bits per heavy atom. The van der Waals surface area contributed by atoms with E-state index in [2.05, 4.69) is 15.0 Å². The molecule has 2 aromatic rings. The van der Waals surface area contributed by atoms with Crippen LogP contribution in [-0.4, -0.2) is 19.5 Å². The van der Waals surface area contributed by atoms with Gasteiger partial charge in [0.05, 0.1) is 11.9 Å². The molecule has 1 N–H and O–H groups in total. The molecule has 0 saturated carbocycles. The van der Waals surface area contributed by atoms with E-state index in [1.54, 1.807) is 13.2 Å². The predicted molar refractivity (Wildman–Crippen MR) is 53.2 cm³/mol. The highest BCUT2D eigenvalue weighted by molar-refractivity contribution is 5.65. The molecule has 0 aliphatic heterocycles. The molecule has 0 radical (unpaired) electrons. The lowest BCUT2D eigenvalue weighted by atomic mass is 10.1. The molecule has 74 valence electrons. The van der Waals surface area contributed by atoms with Gasteiger partial charge in [-0.05, 0) is 5.92 Å². The number of rotatable bonds is 1. The van der Waals surface area contributed by atoms with E-state index in [1.807, 2.05) is 13.8 Å². The van der Waals surface area contributed by atoms with Crippen molar-refractivity contribution < 1.29 is 0 Å². The van der Waals surface area contributed by atoms with E-state index in [0.717, 1.165) is 5.69 Å². The van der Waals surface area contributed by atoms with Crippen molar-refractivity contribution in [3.05, 3.63) is 22.4 Å². The van der Waals surface area contributed by atoms with Crippen molar-refractivity contribution in [1.29, 1.82) is 0 Å². The molecule has 0 spiro atoms. The highest BCUT2D eigenvalue weighted by Gasteiger charge is 2.08. The average molecular weight is 192 g/mol. The number of nitrogens with zero attached hydrogens (tertiary/aromatic N) is 3. The second-order valence-corrected chi connectivity index (χ2v) is 3.61. The van der Waals surface area contributed by atoms with Crippen molar-refractivity contribution in [1.82, 2.24) is 19.5 Å². The molecule has 0 aliphatic rings. The van der Waals surface area contributed by atoms with Gasteiger partial charge in [-0.2, -0.15) is 0 Å². The summed E-state index contributed by atoms with van der Waals surface area (Å²) in [5.74, 6) is 0.315. The Balaban J connectivity index is 2.73. The third-order valence-electron chi connectivity index (χ3n) is 2.21. The summed E-state index contributed by atoms with van der Waals surface area (Å²) in [6.07, 6.45) is 1.71. The van der Waals surface area contributed by atoms with Crippen molar-refractivity contribution >= 4 is 11.3 Å². The Labute approximate surface area is 80.8 Å². The number of hydrogen-bond donors (Lipinski definition) is 1. The van der Waals surface area contributed by atoms with E-state index >= 15 is 0 Å². The number of aromatic nitrogens is 4. The molecule has 0 amide bonds. The fourth-order valence-electron chi connectivity index (χ4n) is 1.29. The van der Waals surface area contributed by atoms with E-state index in [-0.39, 0.29) is 5.69 Å². The van der Waals surface area contributed by atoms with Gasteiger partial charge in [0.15, 0.2) is 11.3 Å². The summed E-state index contributed by atoms with van der Waals surface area (Å²) in [6.45, 7) is 4.08. The van der Waals surface area contributed by atoms with Crippen molar-refractivity contribution in [2.45, 2.75) is 19.8 Å². The van der Waals surface area contributed by atoms with Gasteiger partial charge < -0.3 is 0 Å². The smallest absolute Gasteiger partial charge is 0.289 e. The SMILES string of the molecule is CC(C)c1cnc2c(n1)[nH]c(=O)n2C. The Hall–Kier alpha value is -1.65. The van der Waals surface area contributed by atoms with E-state index in [9.17, 15) is 4.79 Å². The Morgan fingerprint density at radius 1 is 1.50 bits per heavy atom. The Morgan fingerprint density at radius 2 is 2.21 bits per heavy atom. The molecule has 2 aromatic heterocycles. The van der Waals surface area contributed by atoms with Crippen LogP contribution in [0.3, 0.4) is 0 Å². The van der Waals surface area contributed by atoms with Gasteiger partial charge in [-0.25, -0.2) is 14.8 Å². The third kappa shape index (κ3) is 1.21. The fraction of sp³-hybridized carbons (Fsp3) is 0.444. The number of H-pyrrole nitrogens is 1. The molecule has 0 aromatic carbocycles. The minimum absolute atomic E-state index is 0.180. The molecule has 14 heavy (non-hydrogen) atoms. The molecular weight excluding hydrogens is 180 g/mol. The summed E-state index contributed by atoms with van der Waals surface area (Å²) in [4.78, 5) is 22.4. The third-order valence-corrected chi connectivity index (χ3v) is 2.21. The summed E-state index contributed by atoms with van der Waals surface area (Å²) in [6, 6.07) is 0. The lowest BCUT2D eigenvalue weighted by Crippen LogP contribution is -2.12. The zero-order chi connectivity index (χ0) is 10.3. The second kappa shape index (κ2) is 2.94. The largest absolute Gasteiger partial charge is 0.328 e. The maximum absolute atomic E-state index is 11.2. The molecule has 5 nitrogen and oxygen atoms in total. The molecule has 0 aliphatic carbocycles. The standard InChI is InChI=1S/C9H12N4O/c1-5(2)6-4-10-8-7(11-6)12-9(14)13(8)3/h4-5H,1-3H3,(H,11,12,14). The summed E-state index contributed by atoms with van der Waals surface area (Å²) in [5.41, 5.74) is 1.86. The quantitative estimate of drug-likeness (QED) is 0.726. The van der Waals surface area contributed by atoms with Crippen molar-refractivity contribution in [2.24, 2.45) is 7.05 Å². The van der Waals surface area contributed by atoms with Crippen LogP contribution in [0, 0.1) is 0 Å². The zero-order valence-electron chi connectivity index (χ0n) is 8.40. The van der Waals surface area contributed by atoms with Crippen molar-refractivity contribution in [3.8, 4) is 0 Å². The normalized spacial score (nSPS) is 11.4. The lowest BCUT2D eigenvalue weighted by molar-refractivity contribution is 0.817. The first-order chi connectivity index (χ1) is 6.59. The van der Waals surface area contributed by atoms with Gasteiger partial charge in [-0.3, -0.25) is 9.55 Å². The number of aromatic amines is 1. The fourth-order valence-corrected chi connectivity index (χ4v) is 1.29. The van der Waals surface area contributed by atoms with Crippen LogP contribution >= 0.6 is 0 Å². The van der Waals surface area contributed by atoms with Gasteiger partial charge in [0, 0.05) is 7.05 Å². The number of imidazole rings is 1. The maximum atomic E-state index is 11.2. The first-order valence-electron chi connectivity index (χ1n) is 4.51. The van der Waals surface area contributed by atoms with E-state index in [1.165, 1.54) is 4.57 Å². The molecule has 0 unspecified atom stereocenters. The highest BCUT2D eigenvalue weighted by atomic mass is 16.1. The van der Waals surface area contributed by atoms with E-state index in [4.69, 9.17) is 0 Å². The monoisotopic (exact) mass is 192 g/mol. The van der Waals surface area contributed by atoms with Gasteiger partial charge in [0.1, 0.15) is 0 Å². The van der Waals surface area contributed by atoms with Crippen LogP contribution in [-0.2, 0) is 7.05 Å². The topological polar surface area (TPSA) is 63.6 Å². The van der Waals surface area contributed by atoms with Gasteiger partial charge in [0.25, 0.3) is 0 Å². The molecule has 5 heteroatoms. The highest BCUT2D eigenvalue weighted by Crippen LogP contribution is 2.12. The van der Waals surface area contributed by atoms with Gasteiger partial charge in [0.2, 0.25) is 0 Å². The number of hydrogen-bond acceptors (Lipinski definition) is 3. The minimum atomic E-state index is -0.180. The van der Waals surface area contributed by atoms with Gasteiger partial charge in [-0.1, -0.05) is 13.8 Å². The molecule has 0 fully saturated rings. The Kier molecular flexibility index (Phi) is 1.87. The molecule has 0 bridgehead atoms. The van der Waals surface area contributed by atoms with E-state index in [0.29, 0.717) is 17.2 Å². The summed E-state index contributed by atoms with van der Waals surface area (Å²) >= 11 is 0. The van der Waals surface area contributed by atoms with Crippen LogP contribution in [0.2, 0.25) is 0 Å². The van der Waals surface area contributed by atoms with Crippen LogP contribution in [0.1, 0.15) is 25.5 Å². The van der Waals surface area contributed by atoms with Gasteiger partial charge >= 0.3 is 5.69 Å². The first-order valence-corrected chi connectivity index (χ1v) is 4.51. The van der Waals surface area contributed by atoms with Crippen LogP contribution in [0.4, 0.5) is 0 Å². The number of nitrogens with one attached hydrogen (secondary N) is 1. The maximum Gasteiger partial charge on any atom is 0.328 e. The van der Waals surface area contributed by atoms with Crippen LogP contribution in [0.15, 0.2) is 11.0 Å². The minimum Gasteiger partial charge on any atom is -0.289 e. The van der Waals surface area contributed by atoms with Gasteiger partial charge in [-0.15, -0.1) is 0 Å².